The van der Waals surface area contributed by atoms with Crippen LogP contribution in [0.5, 0.6) is 11.5 Å². The molecule has 6 heteroatoms. The maximum absolute atomic E-state index is 11.8. The van der Waals surface area contributed by atoms with Crippen LogP contribution in [0.4, 0.5) is 0 Å². The average Bonchev–Trinajstić information content (AvgIpc) is 2.77. The second-order valence-electron chi connectivity index (χ2n) is 3.97. The third-order valence-corrected chi connectivity index (χ3v) is 2.62. The number of carboxylic acids is 1. The van der Waals surface area contributed by atoms with Gasteiger partial charge in [0, 0.05) is 12.6 Å². The van der Waals surface area contributed by atoms with Crippen molar-refractivity contribution >= 4 is 11.9 Å². The zero-order valence-electron chi connectivity index (χ0n) is 9.88. The van der Waals surface area contributed by atoms with E-state index in [0.717, 1.165) is 4.90 Å². The molecule has 0 aromatic heterocycles. The molecule has 1 aliphatic rings. The molecule has 2 rings (SSSR count). The molecular weight excluding hydrogens is 238 g/mol. The Morgan fingerprint density at radius 2 is 2.17 bits per heavy atom. The summed E-state index contributed by atoms with van der Waals surface area (Å²) in [6.07, 6.45) is 0.0936. The van der Waals surface area contributed by atoms with Gasteiger partial charge in [-0.05, 0) is 6.07 Å². The largest absolute Gasteiger partial charge is 0.480 e. The van der Waals surface area contributed by atoms with E-state index in [2.05, 4.69) is 0 Å². The summed E-state index contributed by atoms with van der Waals surface area (Å²) >= 11 is 0. The summed E-state index contributed by atoms with van der Waals surface area (Å²) in [5.41, 5.74) is 0.701. The first kappa shape index (κ1) is 12.2. The van der Waals surface area contributed by atoms with Crippen LogP contribution in [0.2, 0.25) is 0 Å². The van der Waals surface area contributed by atoms with E-state index in [9.17, 15) is 9.59 Å². The van der Waals surface area contributed by atoms with Crippen LogP contribution in [0.3, 0.4) is 0 Å². The predicted molar refractivity (Wildman–Crippen MR) is 61.5 cm³/mol. The maximum Gasteiger partial charge on any atom is 0.323 e. The number of hydrogen-bond acceptors (Lipinski definition) is 4. The number of para-hydroxylation sites is 1. The number of carbonyl (C=O) groups excluding carboxylic acids is 1. The molecule has 0 bridgehead atoms. The highest BCUT2D eigenvalue weighted by molar-refractivity contribution is 5.83. The number of fused-ring (bicyclic) bond motifs is 1. The average molecular weight is 251 g/mol. The highest BCUT2D eigenvalue weighted by Gasteiger charge is 2.20. The minimum absolute atomic E-state index is 0.0936. The lowest BCUT2D eigenvalue weighted by molar-refractivity contribution is -0.143. The molecule has 96 valence electrons. The van der Waals surface area contributed by atoms with Crippen LogP contribution in [0, 0.1) is 0 Å². The van der Waals surface area contributed by atoms with Crippen molar-refractivity contribution in [1.82, 2.24) is 4.90 Å². The van der Waals surface area contributed by atoms with Gasteiger partial charge in [-0.1, -0.05) is 12.1 Å². The Morgan fingerprint density at radius 3 is 2.89 bits per heavy atom. The predicted octanol–water partition coefficient (Wildman–Crippen LogP) is 0.501. The van der Waals surface area contributed by atoms with Crippen molar-refractivity contribution in [2.75, 3.05) is 20.4 Å². The van der Waals surface area contributed by atoms with Crippen molar-refractivity contribution in [3.63, 3.8) is 0 Å². The molecule has 0 radical (unpaired) electrons. The van der Waals surface area contributed by atoms with Gasteiger partial charge in [0.05, 0.1) is 6.42 Å². The first-order chi connectivity index (χ1) is 8.58. The molecule has 1 aromatic carbocycles. The second kappa shape index (κ2) is 4.95. The summed E-state index contributed by atoms with van der Waals surface area (Å²) in [5, 5.41) is 8.62. The van der Waals surface area contributed by atoms with E-state index in [1.165, 1.54) is 7.05 Å². The standard InChI is InChI=1S/C12H13NO5/c1-13(6-11(15)16)10(14)5-8-3-2-4-9-12(8)18-7-17-9/h2-4H,5-7H2,1H3,(H,15,16). The number of rotatable bonds is 4. The van der Waals surface area contributed by atoms with Gasteiger partial charge in [0.25, 0.3) is 0 Å². The van der Waals surface area contributed by atoms with E-state index in [4.69, 9.17) is 14.6 Å². The third kappa shape index (κ3) is 2.53. The molecule has 0 spiro atoms. The summed E-state index contributed by atoms with van der Waals surface area (Å²) in [4.78, 5) is 23.5. The topological polar surface area (TPSA) is 76.1 Å². The van der Waals surface area contributed by atoms with E-state index in [-0.39, 0.29) is 25.7 Å². The Labute approximate surface area is 104 Å². The molecule has 1 aliphatic heterocycles. The number of ether oxygens (including phenoxy) is 2. The highest BCUT2D eigenvalue weighted by Crippen LogP contribution is 2.35. The van der Waals surface area contributed by atoms with E-state index in [0.29, 0.717) is 17.1 Å². The van der Waals surface area contributed by atoms with E-state index >= 15 is 0 Å². The molecule has 0 unspecified atom stereocenters. The first-order valence-corrected chi connectivity index (χ1v) is 5.41. The summed E-state index contributed by atoms with van der Waals surface area (Å²) in [7, 11) is 1.46. The van der Waals surface area contributed by atoms with Gasteiger partial charge in [-0.2, -0.15) is 0 Å². The van der Waals surface area contributed by atoms with Crippen molar-refractivity contribution in [3.8, 4) is 11.5 Å². The number of benzene rings is 1. The Balaban J connectivity index is 2.08. The maximum atomic E-state index is 11.8. The van der Waals surface area contributed by atoms with Crippen LogP contribution in [0.25, 0.3) is 0 Å². The minimum Gasteiger partial charge on any atom is -0.480 e. The number of nitrogens with zero attached hydrogens (tertiary/aromatic N) is 1. The van der Waals surface area contributed by atoms with Crippen LogP contribution < -0.4 is 9.47 Å². The lowest BCUT2D eigenvalue weighted by Gasteiger charge is -2.15. The quantitative estimate of drug-likeness (QED) is 0.843. The fourth-order valence-electron chi connectivity index (χ4n) is 1.72. The van der Waals surface area contributed by atoms with E-state index < -0.39 is 5.97 Å². The highest BCUT2D eigenvalue weighted by atomic mass is 16.7. The molecule has 1 N–H and O–H groups in total. The third-order valence-electron chi connectivity index (χ3n) is 2.62. The van der Waals surface area contributed by atoms with Gasteiger partial charge < -0.3 is 19.5 Å². The molecule has 1 heterocycles. The van der Waals surface area contributed by atoms with Crippen molar-refractivity contribution in [2.24, 2.45) is 0 Å². The van der Waals surface area contributed by atoms with Gasteiger partial charge in [-0.15, -0.1) is 0 Å². The van der Waals surface area contributed by atoms with Crippen LogP contribution in [0.1, 0.15) is 5.56 Å². The molecular formula is C12H13NO5. The smallest absolute Gasteiger partial charge is 0.323 e. The van der Waals surface area contributed by atoms with Crippen LogP contribution in [-0.4, -0.2) is 42.3 Å². The number of carbonyl (C=O) groups is 2. The van der Waals surface area contributed by atoms with Gasteiger partial charge in [-0.25, -0.2) is 0 Å². The SMILES string of the molecule is CN(CC(=O)O)C(=O)Cc1cccc2c1OCO2. The molecule has 0 fully saturated rings. The number of likely N-dealkylation sites (N-methyl/N-ethyl adjacent to an activating group) is 1. The Bertz CT molecular complexity index is 485. The summed E-state index contributed by atoms with van der Waals surface area (Å²) in [6.45, 7) is -0.170. The van der Waals surface area contributed by atoms with Crippen molar-refractivity contribution < 1.29 is 24.2 Å². The zero-order chi connectivity index (χ0) is 13.1. The van der Waals surface area contributed by atoms with E-state index in [1.54, 1.807) is 18.2 Å². The molecule has 0 saturated heterocycles. The molecule has 0 saturated carbocycles. The van der Waals surface area contributed by atoms with Crippen LogP contribution in [0.15, 0.2) is 18.2 Å². The van der Waals surface area contributed by atoms with Gasteiger partial charge in [0.1, 0.15) is 6.54 Å². The molecule has 1 aromatic rings. The van der Waals surface area contributed by atoms with Gasteiger partial charge >= 0.3 is 5.97 Å². The van der Waals surface area contributed by atoms with Gasteiger partial charge in [0.15, 0.2) is 11.5 Å². The zero-order valence-corrected chi connectivity index (χ0v) is 9.88. The Morgan fingerprint density at radius 1 is 1.39 bits per heavy atom. The van der Waals surface area contributed by atoms with Crippen LogP contribution >= 0.6 is 0 Å². The van der Waals surface area contributed by atoms with Crippen molar-refractivity contribution in [1.29, 1.82) is 0 Å². The normalized spacial score (nSPS) is 12.3. The van der Waals surface area contributed by atoms with E-state index in [1.807, 2.05) is 0 Å². The monoisotopic (exact) mass is 251 g/mol. The fourth-order valence-corrected chi connectivity index (χ4v) is 1.72. The minimum atomic E-state index is -1.04. The summed E-state index contributed by atoms with van der Waals surface area (Å²) in [5.74, 6) is -0.138. The van der Waals surface area contributed by atoms with Crippen molar-refractivity contribution in [3.05, 3.63) is 23.8 Å². The molecule has 6 nitrogen and oxygen atoms in total. The first-order valence-electron chi connectivity index (χ1n) is 5.41. The van der Waals surface area contributed by atoms with Crippen LogP contribution in [-0.2, 0) is 16.0 Å². The lowest BCUT2D eigenvalue weighted by Crippen LogP contribution is -2.33. The van der Waals surface area contributed by atoms with Gasteiger partial charge in [0.2, 0.25) is 12.7 Å². The number of aliphatic carboxylic acids is 1. The number of hydrogen-bond donors (Lipinski definition) is 1. The second-order valence-corrected chi connectivity index (χ2v) is 3.97. The van der Waals surface area contributed by atoms with Crippen molar-refractivity contribution in [2.45, 2.75) is 6.42 Å². The fraction of sp³-hybridized carbons (Fsp3) is 0.333. The Kier molecular flexibility index (Phi) is 3.36. The summed E-state index contributed by atoms with van der Waals surface area (Å²) in [6, 6.07) is 5.30. The molecule has 0 aliphatic carbocycles. The lowest BCUT2D eigenvalue weighted by atomic mass is 10.1. The number of carboxylic acid groups (broad SMARTS) is 1. The summed E-state index contributed by atoms with van der Waals surface area (Å²) < 4.78 is 10.5. The molecule has 0 atom stereocenters. The number of amides is 1. The molecule has 18 heavy (non-hydrogen) atoms. The van der Waals surface area contributed by atoms with Gasteiger partial charge in [-0.3, -0.25) is 9.59 Å². The molecule has 1 amide bonds. The Hall–Kier alpha value is -2.24.